The predicted molar refractivity (Wildman–Crippen MR) is 85.3 cm³/mol. The van der Waals surface area contributed by atoms with E-state index in [2.05, 4.69) is 47.9 Å². The Balaban J connectivity index is 2.15. The molecular formula is C16H28N4. The fourth-order valence-electron chi connectivity index (χ4n) is 3.17. The molecule has 0 atom stereocenters. The van der Waals surface area contributed by atoms with Crippen LogP contribution in [-0.4, -0.2) is 30.1 Å². The van der Waals surface area contributed by atoms with Crippen LogP contribution in [0.15, 0.2) is 6.33 Å². The molecule has 1 N–H and O–H groups in total. The van der Waals surface area contributed by atoms with E-state index >= 15 is 0 Å². The zero-order valence-electron chi connectivity index (χ0n) is 13.5. The van der Waals surface area contributed by atoms with Crippen molar-refractivity contribution in [3.8, 4) is 0 Å². The highest BCUT2D eigenvalue weighted by Gasteiger charge is 2.30. The Labute approximate surface area is 123 Å². The van der Waals surface area contributed by atoms with Crippen LogP contribution in [0.2, 0.25) is 0 Å². The van der Waals surface area contributed by atoms with E-state index in [1.807, 2.05) is 7.05 Å². The van der Waals surface area contributed by atoms with E-state index < -0.39 is 0 Å². The highest BCUT2D eigenvalue weighted by atomic mass is 15.2. The number of anilines is 2. The van der Waals surface area contributed by atoms with Crippen LogP contribution in [0.3, 0.4) is 0 Å². The highest BCUT2D eigenvalue weighted by Crippen LogP contribution is 2.36. The summed E-state index contributed by atoms with van der Waals surface area (Å²) in [5.41, 5.74) is 1.66. The number of hydrogen-bond acceptors (Lipinski definition) is 4. The third-order valence-electron chi connectivity index (χ3n) is 4.53. The van der Waals surface area contributed by atoms with Gasteiger partial charge >= 0.3 is 0 Å². The molecule has 2 heterocycles. The lowest BCUT2D eigenvalue weighted by molar-refractivity contribution is 0.198. The van der Waals surface area contributed by atoms with Crippen molar-refractivity contribution in [1.29, 1.82) is 0 Å². The molecule has 2 rings (SSSR count). The average Bonchev–Trinajstić information content (AvgIpc) is 2.45. The molecule has 4 heteroatoms. The molecule has 0 aromatic carbocycles. The van der Waals surface area contributed by atoms with E-state index in [1.165, 1.54) is 18.4 Å². The zero-order valence-corrected chi connectivity index (χ0v) is 13.5. The van der Waals surface area contributed by atoms with Crippen molar-refractivity contribution >= 4 is 11.6 Å². The maximum Gasteiger partial charge on any atom is 0.137 e. The number of rotatable bonds is 3. The van der Waals surface area contributed by atoms with Crippen LogP contribution in [0.1, 0.15) is 46.1 Å². The van der Waals surface area contributed by atoms with Crippen LogP contribution in [0.25, 0.3) is 0 Å². The molecule has 1 aromatic heterocycles. The normalized spacial score (nSPS) is 17.4. The summed E-state index contributed by atoms with van der Waals surface area (Å²) in [6, 6.07) is 0. The number of piperidine rings is 1. The number of aromatic nitrogens is 2. The van der Waals surface area contributed by atoms with Gasteiger partial charge in [-0.3, -0.25) is 0 Å². The van der Waals surface area contributed by atoms with Gasteiger partial charge in [0.15, 0.2) is 0 Å². The molecule has 112 valence electrons. The maximum atomic E-state index is 4.54. The second-order valence-corrected chi connectivity index (χ2v) is 6.76. The Morgan fingerprint density at radius 3 is 2.40 bits per heavy atom. The van der Waals surface area contributed by atoms with E-state index in [-0.39, 0.29) is 0 Å². The Morgan fingerprint density at radius 2 is 1.90 bits per heavy atom. The predicted octanol–water partition coefficient (Wildman–Crippen LogP) is 3.34. The highest BCUT2D eigenvalue weighted by molar-refractivity contribution is 5.58. The molecule has 0 amide bonds. The molecule has 1 aliphatic heterocycles. The summed E-state index contributed by atoms with van der Waals surface area (Å²) in [5, 5.41) is 3.18. The van der Waals surface area contributed by atoms with Gasteiger partial charge in [-0.25, -0.2) is 9.97 Å². The van der Waals surface area contributed by atoms with Gasteiger partial charge < -0.3 is 10.2 Å². The van der Waals surface area contributed by atoms with Gasteiger partial charge in [-0.2, -0.15) is 0 Å². The Kier molecular flexibility index (Phi) is 4.51. The van der Waals surface area contributed by atoms with Crippen molar-refractivity contribution in [2.75, 3.05) is 30.4 Å². The summed E-state index contributed by atoms with van der Waals surface area (Å²) >= 11 is 0. The van der Waals surface area contributed by atoms with Gasteiger partial charge in [0, 0.05) is 25.7 Å². The van der Waals surface area contributed by atoms with Crippen LogP contribution in [0.5, 0.6) is 0 Å². The third kappa shape index (κ3) is 3.05. The third-order valence-corrected chi connectivity index (χ3v) is 4.53. The Hall–Kier alpha value is -1.32. The Morgan fingerprint density at radius 1 is 1.25 bits per heavy atom. The van der Waals surface area contributed by atoms with Crippen LogP contribution >= 0.6 is 0 Å². The minimum absolute atomic E-state index is 0.418. The molecule has 0 saturated carbocycles. The molecule has 1 aromatic rings. The molecule has 0 aliphatic carbocycles. The molecule has 20 heavy (non-hydrogen) atoms. The first-order valence-corrected chi connectivity index (χ1v) is 7.74. The van der Waals surface area contributed by atoms with Crippen LogP contribution in [0, 0.1) is 11.3 Å². The minimum Gasteiger partial charge on any atom is -0.373 e. The largest absolute Gasteiger partial charge is 0.373 e. The summed E-state index contributed by atoms with van der Waals surface area (Å²) in [4.78, 5) is 11.3. The Bertz CT molecular complexity index is 442. The van der Waals surface area contributed by atoms with Crippen LogP contribution in [0.4, 0.5) is 11.6 Å². The van der Waals surface area contributed by atoms with Gasteiger partial charge in [-0.15, -0.1) is 0 Å². The SMILES string of the molecule is CCc1c(NC)ncnc1N1CCC(C(C)(C)C)CC1. The monoisotopic (exact) mass is 276 g/mol. The van der Waals surface area contributed by atoms with Gasteiger partial charge in [-0.1, -0.05) is 27.7 Å². The summed E-state index contributed by atoms with van der Waals surface area (Å²) < 4.78 is 0. The van der Waals surface area contributed by atoms with Crippen molar-refractivity contribution in [2.45, 2.75) is 47.0 Å². The molecule has 1 saturated heterocycles. The van der Waals surface area contributed by atoms with Crippen molar-refractivity contribution in [3.63, 3.8) is 0 Å². The van der Waals surface area contributed by atoms with Gasteiger partial charge in [0.2, 0.25) is 0 Å². The summed E-state index contributed by atoms with van der Waals surface area (Å²) in [5.74, 6) is 2.91. The molecule has 0 radical (unpaired) electrons. The first-order chi connectivity index (χ1) is 9.47. The van der Waals surface area contributed by atoms with Crippen molar-refractivity contribution in [2.24, 2.45) is 11.3 Å². The zero-order chi connectivity index (χ0) is 14.8. The lowest BCUT2D eigenvalue weighted by atomic mass is 9.75. The first-order valence-electron chi connectivity index (χ1n) is 7.74. The summed E-state index contributed by atoms with van der Waals surface area (Å²) in [7, 11) is 1.93. The topological polar surface area (TPSA) is 41.1 Å². The van der Waals surface area contributed by atoms with Crippen molar-refractivity contribution in [1.82, 2.24) is 9.97 Å². The summed E-state index contributed by atoms with van der Waals surface area (Å²) in [6.45, 7) is 11.5. The second-order valence-electron chi connectivity index (χ2n) is 6.76. The molecule has 0 unspecified atom stereocenters. The van der Waals surface area contributed by atoms with E-state index in [1.54, 1.807) is 6.33 Å². The van der Waals surface area contributed by atoms with Crippen LogP contribution < -0.4 is 10.2 Å². The van der Waals surface area contributed by atoms with Gasteiger partial charge in [0.1, 0.15) is 18.0 Å². The number of nitrogens with zero attached hydrogens (tertiary/aromatic N) is 3. The van der Waals surface area contributed by atoms with E-state index in [0.717, 1.165) is 37.1 Å². The maximum absolute atomic E-state index is 4.54. The van der Waals surface area contributed by atoms with E-state index in [0.29, 0.717) is 5.41 Å². The number of hydrogen-bond donors (Lipinski definition) is 1. The van der Waals surface area contributed by atoms with Gasteiger partial charge in [0.25, 0.3) is 0 Å². The van der Waals surface area contributed by atoms with Gasteiger partial charge in [-0.05, 0) is 30.6 Å². The van der Waals surface area contributed by atoms with E-state index in [4.69, 9.17) is 0 Å². The fraction of sp³-hybridized carbons (Fsp3) is 0.750. The smallest absolute Gasteiger partial charge is 0.137 e. The molecular weight excluding hydrogens is 248 g/mol. The molecule has 1 aliphatic rings. The standard InChI is InChI=1S/C16H28N4/c1-6-13-14(17-5)18-11-19-15(13)20-9-7-12(8-10-20)16(2,3)4/h11-12H,6-10H2,1-5H3,(H,17,18,19). The molecule has 0 spiro atoms. The molecule has 1 fully saturated rings. The molecule has 4 nitrogen and oxygen atoms in total. The fourth-order valence-corrected chi connectivity index (χ4v) is 3.17. The number of nitrogens with one attached hydrogen (secondary N) is 1. The summed E-state index contributed by atoms with van der Waals surface area (Å²) in [6.07, 6.45) is 5.15. The van der Waals surface area contributed by atoms with Crippen LogP contribution in [-0.2, 0) is 6.42 Å². The lowest BCUT2D eigenvalue weighted by Crippen LogP contribution is -2.39. The van der Waals surface area contributed by atoms with Crippen molar-refractivity contribution in [3.05, 3.63) is 11.9 Å². The first kappa shape index (κ1) is 15.1. The average molecular weight is 276 g/mol. The quantitative estimate of drug-likeness (QED) is 0.919. The minimum atomic E-state index is 0.418. The van der Waals surface area contributed by atoms with Gasteiger partial charge in [0.05, 0.1) is 0 Å². The second kappa shape index (κ2) is 5.98. The lowest BCUT2D eigenvalue weighted by Gasteiger charge is -2.39. The molecule has 0 bridgehead atoms. The van der Waals surface area contributed by atoms with Crippen molar-refractivity contribution < 1.29 is 0 Å². The van der Waals surface area contributed by atoms with E-state index in [9.17, 15) is 0 Å².